The molecule has 1 rings (SSSR count). The van der Waals surface area contributed by atoms with Gasteiger partial charge in [-0.3, -0.25) is 0 Å². The molecule has 0 radical (unpaired) electrons. The summed E-state index contributed by atoms with van der Waals surface area (Å²) < 4.78 is 1.23. The third-order valence-corrected chi connectivity index (χ3v) is 2.56. The minimum atomic E-state index is 1.12. The molecule has 0 fully saturated rings. The first kappa shape index (κ1) is 7.71. The van der Waals surface area contributed by atoms with Crippen LogP contribution in [0.25, 0.3) is 0 Å². The standard InChI is InChI=1S/C9H10Se/c1-6-4-8(3)9(10)5-7(6)2/h4-5H,1H2,2-3H3. The fraction of sp³-hybridized carbons (Fsp3) is 0.222. The molecule has 0 bridgehead atoms. The third-order valence-electron chi connectivity index (χ3n) is 1.63. The summed E-state index contributed by atoms with van der Waals surface area (Å²) in [5, 5.41) is 0. The van der Waals surface area contributed by atoms with Crippen LogP contribution in [0.15, 0.2) is 35.5 Å². The molecule has 0 aliphatic heterocycles. The van der Waals surface area contributed by atoms with Crippen molar-refractivity contribution < 1.29 is 0 Å². The number of rotatable bonds is 0. The van der Waals surface area contributed by atoms with E-state index in [9.17, 15) is 0 Å². The first-order valence-electron chi connectivity index (χ1n) is 3.21. The second-order valence-electron chi connectivity index (χ2n) is 2.54. The Morgan fingerprint density at radius 3 is 2.30 bits per heavy atom. The first-order chi connectivity index (χ1) is 4.61. The monoisotopic (exact) mass is 198 g/mol. The molecule has 0 N–H and O–H groups in total. The molecule has 0 saturated heterocycles. The van der Waals surface area contributed by atoms with Gasteiger partial charge in [-0.05, 0) is 0 Å². The molecule has 1 aliphatic rings. The predicted molar refractivity (Wildman–Crippen MR) is 47.4 cm³/mol. The summed E-state index contributed by atoms with van der Waals surface area (Å²) in [6.45, 7) is 8.06. The van der Waals surface area contributed by atoms with Crippen molar-refractivity contribution in [2.75, 3.05) is 0 Å². The van der Waals surface area contributed by atoms with E-state index in [1.54, 1.807) is 0 Å². The van der Waals surface area contributed by atoms with Gasteiger partial charge in [0.25, 0.3) is 0 Å². The molecule has 0 unspecified atom stereocenters. The Bertz CT molecular complexity index is 226. The molecule has 0 heterocycles. The van der Waals surface area contributed by atoms with Crippen LogP contribution >= 0.6 is 0 Å². The Hall–Kier alpha value is -0.391. The molecule has 1 aliphatic carbocycles. The molecule has 0 saturated carbocycles. The van der Waals surface area contributed by atoms with Crippen molar-refractivity contribution in [3.8, 4) is 0 Å². The van der Waals surface area contributed by atoms with Gasteiger partial charge in [-0.15, -0.1) is 0 Å². The van der Waals surface area contributed by atoms with Gasteiger partial charge in [-0.25, -0.2) is 0 Å². The summed E-state index contributed by atoms with van der Waals surface area (Å²) in [4.78, 5) is 0. The Kier molecular flexibility index (Phi) is 2.08. The molecule has 1 heteroatoms. The van der Waals surface area contributed by atoms with Gasteiger partial charge in [0.2, 0.25) is 0 Å². The van der Waals surface area contributed by atoms with Gasteiger partial charge >= 0.3 is 69.3 Å². The van der Waals surface area contributed by atoms with Gasteiger partial charge in [0.1, 0.15) is 0 Å². The van der Waals surface area contributed by atoms with Crippen molar-refractivity contribution in [3.05, 3.63) is 35.5 Å². The number of hydrogen-bond donors (Lipinski definition) is 0. The van der Waals surface area contributed by atoms with Crippen molar-refractivity contribution in [2.24, 2.45) is 0 Å². The normalized spacial score (nSPS) is 18.6. The molecule has 0 atom stereocenters. The van der Waals surface area contributed by atoms with Crippen LogP contribution in [-0.4, -0.2) is 20.0 Å². The van der Waals surface area contributed by atoms with Gasteiger partial charge in [0.05, 0.1) is 0 Å². The Balaban J connectivity index is 3.03. The van der Waals surface area contributed by atoms with Crippen LogP contribution < -0.4 is 0 Å². The van der Waals surface area contributed by atoms with E-state index in [0.29, 0.717) is 0 Å². The number of hydrogen-bond acceptors (Lipinski definition) is 0. The second kappa shape index (κ2) is 2.69. The summed E-state index contributed by atoms with van der Waals surface area (Å²) in [6.07, 6.45) is 4.22. The van der Waals surface area contributed by atoms with Crippen LogP contribution in [0, 0.1) is 0 Å². The topological polar surface area (TPSA) is 0 Å². The fourth-order valence-electron chi connectivity index (χ4n) is 0.849. The van der Waals surface area contributed by atoms with Gasteiger partial charge in [-0.2, -0.15) is 0 Å². The molecule has 10 heavy (non-hydrogen) atoms. The molecular weight excluding hydrogens is 187 g/mol. The Morgan fingerprint density at radius 2 is 1.80 bits per heavy atom. The zero-order chi connectivity index (χ0) is 7.72. The minimum absolute atomic E-state index is 1.12. The molecule has 0 nitrogen and oxygen atoms in total. The summed E-state index contributed by atoms with van der Waals surface area (Å²) in [6, 6.07) is 0. The maximum absolute atomic E-state index is 3.91. The summed E-state index contributed by atoms with van der Waals surface area (Å²) in [7, 11) is 0. The van der Waals surface area contributed by atoms with Crippen molar-refractivity contribution >= 4 is 20.0 Å². The molecule has 0 aromatic heterocycles. The Labute approximate surface area is 69.7 Å². The maximum atomic E-state index is 3.91. The van der Waals surface area contributed by atoms with E-state index in [2.05, 4.69) is 48.2 Å². The van der Waals surface area contributed by atoms with Gasteiger partial charge < -0.3 is 0 Å². The summed E-state index contributed by atoms with van der Waals surface area (Å²) >= 11 is 3.01. The van der Waals surface area contributed by atoms with Crippen LogP contribution in [-0.2, 0) is 0 Å². The Morgan fingerprint density at radius 1 is 1.20 bits per heavy atom. The van der Waals surface area contributed by atoms with E-state index in [4.69, 9.17) is 0 Å². The molecular formula is C9H10Se. The third kappa shape index (κ3) is 1.36. The molecule has 0 spiro atoms. The zero-order valence-corrected chi connectivity index (χ0v) is 7.98. The number of allylic oxidation sites excluding steroid dienone is 5. The average Bonchev–Trinajstić information content (AvgIpc) is 1.84. The second-order valence-corrected chi connectivity index (χ2v) is 3.47. The van der Waals surface area contributed by atoms with E-state index < -0.39 is 0 Å². The fourth-order valence-corrected chi connectivity index (χ4v) is 1.34. The van der Waals surface area contributed by atoms with Crippen LogP contribution in [0.2, 0.25) is 0 Å². The predicted octanol–water partition coefficient (Wildman–Crippen LogP) is 1.79. The van der Waals surface area contributed by atoms with Crippen molar-refractivity contribution in [2.45, 2.75) is 13.8 Å². The van der Waals surface area contributed by atoms with Gasteiger partial charge in [0.15, 0.2) is 0 Å². The van der Waals surface area contributed by atoms with E-state index in [0.717, 1.165) is 5.57 Å². The van der Waals surface area contributed by atoms with E-state index in [-0.39, 0.29) is 0 Å². The van der Waals surface area contributed by atoms with Crippen LogP contribution in [0.1, 0.15) is 13.8 Å². The average molecular weight is 197 g/mol. The van der Waals surface area contributed by atoms with Crippen LogP contribution in [0.5, 0.6) is 0 Å². The van der Waals surface area contributed by atoms with E-state index in [1.807, 2.05) is 0 Å². The van der Waals surface area contributed by atoms with Crippen molar-refractivity contribution in [1.29, 1.82) is 0 Å². The summed E-state index contributed by atoms with van der Waals surface area (Å²) in [5.74, 6) is 0. The van der Waals surface area contributed by atoms with Crippen molar-refractivity contribution in [3.63, 3.8) is 0 Å². The van der Waals surface area contributed by atoms with Gasteiger partial charge in [-0.1, -0.05) is 0 Å². The van der Waals surface area contributed by atoms with E-state index >= 15 is 0 Å². The molecule has 0 aromatic rings. The SMILES string of the molecule is C=C1C=C(C)C(=[Se])C=C1C. The van der Waals surface area contributed by atoms with E-state index in [1.165, 1.54) is 15.6 Å². The van der Waals surface area contributed by atoms with Crippen LogP contribution in [0.3, 0.4) is 0 Å². The molecule has 52 valence electrons. The van der Waals surface area contributed by atoms with Crippen LogP contribution in [0.4, 0.5) is 0 Å². The molecule has 0 aromatic carbocycles. The summed E-state index contributed by atoms with van der Waals surface area (Å²) in [5.41, 5.74) is 3.64. The van der Waals surface area contributed by atoms with Crippen molar-refractivity contribution in [1.82, 2.24) is 0 Å². The zero-order valence-electron chi connectivity index (χ0n) is 6.27. The molecule has 0 amide bonds. The van der Waals surface area contributed by atoms with Gasteiger partial charge in [0, 0.05) is 0 Å². The first-order valence-corrected chi connectivity index (χ1v) is 4.07. The quantitative estimate of drug-likeness (QED) is 0.519.